The average molecular weight is 472 g/mol. The number of rotatable bonds is 4. The second-order valence-corrected chi connectivity index (χ2v) is 7.07. The van der Waals surface area contributed by atoms with Crippen molar-refractivity contribution in [3.05, 3.63) is 29.8 Å². The van der Waals surface area contributed by atoms with Gasteiger partial charge in [0.2, 0.25) is 0 Å². The van der Waals surface area contributed by atoms with Crippen LogP contribution in [0.25, 0.3) is 0 Å². The maximum atomic E-state index is 5.49. The number of anilines is 1. The van der Waals surface area contributed by atoms with E-state index in [0.717, 1.165) is 64.4 Å². The number of nitrogens with zero attached hydrogens (tertiary/aromatic N) is 3. The van der Waals surface area contributed by atoms with Crippen LogP contribution in [0.15, 0.2) is 29.3 Å². The fraction of sp³-hybridized carbons (Fsp3) is 0.650. The molecule has 2 fully saturated rings. The first-order valence-corrected chi connectivity index (χ1v) is 9.71. The first-order valence-electron chi connectivity index (χ1n) is 9.71. The van der Waals surface area contributed by atoms with Crippen LogP contribution in [-0.4, -0.2) is 56.8 Å². The van der Waals surface area contributed by atoms with Crippen molar-refractivity contribution in [2.75, 3.05) is 50.8 Å². The van der Waals surface area contributed by atoms with Gasteiger partial charge in [-0.1, -0.05) is 25.1 Å². The summed E-state index contributed by atoms with van der Waals surface area (Å²) in [6.45, 7) is 11.9. The molecule has 2 heterocycles. The lowest BCUT2D eigenvalue weighted by molar-refractivity contribution is 0.122. The maximum Gasteiger partial charge on any atom is 0.194 e. The molecule has 2 aliphatic heterocycles. The van der Waals surface area contributed by atoms with E-state index >= 15 is 0 Å². The summed E-state index contributed by atoms with van der Waals surface area (Å²) in [5.41, 5.74) is 2.60. The third kappa shape index (κ3) is 5.74. The van der Waals surface area contributed by atoms with E-state index < -0.39 is 0 Å². The molecule has 0 bridgehead atoms. The minimum atomic E-state index is 0. The standard InChI is InChI=1S/C20H32N4O.HI/c1-3-21-20(24-10-8-17(2)9-11-24)22-16-18-6-4-5-7-19(18)23-12-14-25-15-13-23;/h4-7,17H,3,8-16H2,1-2H3,(H,21,22);1H. The number of piperidine rings is 1. The number of likely N-dealkylation sites (tertiary alicyclic amines) is 1. The molecule has 1 aromatic rings. The number of para-hydroxylation sites is 1. The van der Waals surface area contributed by atoms with Gasteiger partial charge in [0.25, 0.3) is 0 Å². The minimum absolute atomic E-state index is 0. The van der Waals surface area contributed by atoms with Crippen LogP contribution in [0.4, 0.5) is 5.69 Å². The number of aliphatic imine (C=N–C) groups is 1. The number of ether oxygens (including phenoxy) is 1. The fourth-order valence-electron chi connectivity index (χ4n) is 3.56. The second kappa shape index (κ2) is 11.0. The topological polar surface area (TPSA) is 40.1 Å². The number of benzene rings is 1. The SMILES string of the molecule is CCNC(=NCc1ccccc1N1CCOCC1)N1CCC(C)CC1.I. The number of morpholine rings is 1. The van der Waals surface area contributed by atoms with E-state index in [1.165, 1.54) is 24.1 Å². The molecule has 0 saturated carbocycles. The Balaban J connectivity index is 0.00000243. The first-order chi connectivity index (χ1) is 12.3. The van der Waals surface area contributed by atoms with Crippen LogP contribution in [-0.2, 0) is 11.3 Å². The molecule has 1 aromatic carbocycles. The minimum Gasteiger partial charge on any atom is -0.378 e. The largest absolute Gasteiger partial charge is 0.378 e. The van der Waals surface area contributed by atoms with Crippen molar-refractivity contribution in [1.82, 2.24) is 10.2 Å². The number of nitrogens with one attached hydrogen (secondary N) is 1. The third-order valence-electron chi connectivity index (χ3n) is 5.16. The highest BCUT2D eigenvalue weighted by Crippen LogP contribution is 2.22. The van der Waals surface area contributed by atoms with Crippen LogP contribution in [0.2, 0.25) is 0 Å². The number of hydrogen-bond donors (Lipinski definition) is 1. The van der Waals surface area contributed by atoms with Gasteiger partial charge in [0, 0.05) is 38.4 Å². The number of guanidine groups is 1. The molecule has 0 atom stereocenters. The zero-order chi connectivity index (χ0) is 17.5. The van der Waals surface area contributed by atoms with E-state index in [9.17, 15) is 0 Å². The van der Waals surface area contributed by atoms with Gasteiger partial charge in [0.05, 0.1) is 19.8 Å². The molecule has 0 amide bonds. The Morgan fingerprint density at radius 1 is 1.15 bits per heavy atom. The molecule has 26 heavy (non-hydrogen) atoms. The summed E-state index contributed by atoms with van der Waals surface area (Å²) in [4.78, 5) is 9.80. The molecule has 0 aromatic heterocycles. The molecule has 0 radical (unpaired) electrons. The van der Waals surface area contributed by atoms with Gasteiger partial charge < -0.3 is 19.9 Å². The molecule has 0 unspecified atom stereocenters. The molecule has 146 valence electrons. The molecule has 6 heteroatoms. The predicted octanol–water partition coefficient (Wildman–Crippen LogP) is 3.34. The van der Waals surface area contributed by atoms with Crippen molar-refractivity contribution in [1.29, 1.82) is 0 Å². The van der Waals surface area contributed by atoms with Gasteiger partial charge in [0.15, 0.2) is 5.96 Å². The van der Waals surface area contributed by atoms with Crippen LogP contribution in [0.3, 0.4) is 0 Å². The van der Waals surface area contributed by atoms with Gasteiger partial charge >= 0.3 is 0 Å². The third-order valence-corrected chi connectivity index (χ3v) is 5.16. The van der Waals surface area contributed by atoms with E-state index in [2.05, 4.69) is 53.2 Å². The lowest BCUT2D eigenvalue weighted by Gasteiger charge is -2.33. The van der Waals surface area contributed by atoms with Gasteiger partial charge in [-0.15, -0.1) is 24.0 Å². The zero-order valence-electron chi connectivity index (χ0n) is 16.1. The number of hydrogen-bond acceptors (Lipinski definition) is 3. The summed E-state index contributed by atoms with van der Waals surface area (Å²) in [6, 6.07) is 8.65. The monoisotopic (exact) mass is 472 g/mol. The lowest BCUT2D eigenvalue weighted by atomic mass is 9.99. The molecule has 0 spiro atoms. The molecule has 1 N–H and O–H groups in total. The highest BCUT2D eigenvalue weighted by Gasteiger charge is 2.19. The second-order valence-electron chi connectivity index (χ2n) is 7.07. The van der Waals surface area contributed by atoms with Crippen LogP contribution >= 0.6 is 24.0 Å². The van der Waals surface area contributed by atoms with Crippen molar-refractivity contribution in [3.8, 4) is 0 Å². The van der Waals surface area contributed by atoms with E-state index in [-0.39, 0.29) is 24.0 Å². The van der Waals surface area contributed by atoms with Gasteiger partial charge in [-0.05, 0) is 37.3 Å². The molecular formula is C20H33IN4O. The van der Waals surface area contributed by atoms with Crippen LogP contribution < -0.4 is 10.2 Å². The van der Waals surface area contributed by atoms with Crippen molar-refractivity contribution in [2.24, 2.45) is 10.9 Å². The molecule has 2 aliphatic rings. The summed E-state index contributed by atoms with van der Waals surface area (Å²) < 4.78 is 5.49. The number of halogens is 1. The molecule has 5 nitrogen and oxygen atoms in total. The summed E-state index contributed by atoms with van der Waals surface area (Å²) in [7, 11) is 0. The molecule has 0 aliphatic carbocycles. The Morgan fingerprint density at radius 3 is 2.54 bits per heavy atom. The highest BCUT2D eigenvalue weighted by atomic mass is 127. The molecular weight excluding hydrogens is 439 g/mol. The van der Waals surface area contributed by atoms with Crippen molar-refractivity contribution < 1.29 is 4.74 Å². The smallest absolute Gasteiger partial charge is 0.194 e. The van der Waals surface area contributed by atoms with Gasteiger partial charge in [-0.2, -0.15) is 0 Å². The summed E-state index contributed by atoms with van der Waals surface area (Å²) in [6.07, 6.45) is 2.52. The van der Waals surface area contributed by atoms with E-state index in [0.29, 0.717) is 0 Å². The Bertz CT molecular complexity index is 567. The van der Waals surface area contributed by atoms with Crippen molar-refractivity contribution >= 4 is 35.6 Å². The zero-order valence-corrected chi connectivity index (χ0v) is 18.4. The predicted molar refractivity (Wildman–Crippen MR) is 120 cm³/mol. The summed E-state index contributed by atoms with van der Waals surface area (Å²) in [5.74, 6) is 1.90. The van der Waals surface area contributed by atoms with Crippen molar-refractivity contribution in [2.45, 2.75) is 33.2 Å². The fourth-order valence-corrected chi connectivity index (χ4v) is 3.56. The maximum absolute atomic E-state index is 5.49. The Hall–Kier alpha value is -1.02. The van der Waals surface area contributed by atoms with E-state index in [4.69, 9.17) is 9.73 Å². The van der Waals surface area contributed by atoms with E-state index in [1.807, 2.05) is 0 Å². The lowest BCUT2D eigenvalue weighted by Crippen LogP contribution is -2.45. The quantitative estimate of drug-likeness (QED) is 0.415. The normalized spacial score (nSPS) is 19.2. The summed E-state index contributed by atoms with van der Waals surface area (Å²) in [5, 5.41) is 3.48. The van der Waals surface area contributed by atoms with Crippen molar-refractivity contribution in [3.63, 3.8) is 0 Å². The van der Waals surface area contributed by atoms with Gasteiger partial charge in [-0.25, -0.2) is 4.99 Å². The Kier molecular flexibility index (Phi) is 8.98. The van der Waals surface area contributed by atoms with Gasteiger partial charge in [0.1, 0.15) is 0 Å². The van der Waals surface area contributed by atoms with Crippen LogP contribution in [0.5, 0.6) is 0 Å². The van der Waals surface area contributed by atoms with Gasteiger partial charge in [-0.3, -0.25) is 0 Å². The average Bonchev–Trinajstić information content (AvgIpc) is 2.67. The Labute approximate surface area is 175 Å². The molecule has 3 rings (SSSR count). The van der Waals surface area contributed by atoms with Crippen LogP contribution in [0, 0.1) is 5.92 Å². The first kappa shape index (κ1) is 21.3. The highest BCUT2D eigenvalue weighted by molar-refractivity contribution is 14.0. The summed E-state index contributed by atoms with van der Waals surface area (Å²) >= 11 is 0. The molecule has 2 saturated heterocycles. The van der Waals surface area contributed by atoms with Crippen LogP contribution in [0.1, 0.15) is 32.3 Å². The van der Waals surface area contributed by atoms with E-state index in [1.54, 1.807) is 0 Å². The Morgan fingerprint density at radius 2 is 1.85 bits per heavy atom.